The summed E-state index contributed by atoms with van der Waals surface area (Å²) in [5, 5.41) is 13.8. The SMILES string of the molecule is COc1cc(Cl)c(C)cc1Nc1ncc(C(=N)N2CCCCC2)c2c1ccn2C. The Morgan fingerprint density at radius 3 is 2.72 bits per heavy atom. The van der Waals surface area contributed by atoms with Crippen molar-refractivity contribution in [2.24, 2.45) is 7.05 Å². The minimum Gasteiger partial charge on any atom is -0.495 e. The molecule has 0 amide bonds. The predicted molar refractivity (Wildman–Crippen MR) is 119 cm³/mol. The number of fused-ring (bicyclic) bond motifs is 1. The number of aromatic nitrogens is 2. The molecule has 2 aromatic heterocycles. The second kappa shape index (κ2) is 7.95. The van der Waals surface area contributed by atoms with Gasteiger partial charge in [0.2, 0.25) is 0 Å². The van der Waals surface area contributed by atoms with Crippen molar-refractivity contribution < 1.29 is 4.74 Å². The number of likely N-dealkylation sites (tertiary alicyclic amines) is 1. The van der Waals surface area contributed by atoms with E-state index >= 15 is 0 Å². The molecule has 0 atom stereocenters. The number of nitrogens with one attached hydrogen (secondary N) is 2. The molecule has 1 aliphatic rings. The Morgan fingerprint density at radius 1 is 1.24 bits per heavy atom. The fourth-order valence-corrected chi connectivity index (χ4v) is 4.09. The van der Waals surface area contributed by atoms with Gasteiger partial charge in [-0.3, -0.25) is 5.41 Å². The monoisotopic (exact) mass is 411 g/mol. The maximum atomic E-state index is 8.77. The molecule has 3 heterocycles. The van der Waals surface area contributed by atoms with Crippen LogP contribution in [0.4, 0.5) is 11.5 Å². The van der Waals surface area contributed by atoms with Gasteiger partial charge in [0.05, 0.1) is 23.9 Å². The summed E-state index contributed by atoms with van der Waals surface area (Å²) in [6.07, 6.45) is 7.33. The first-order valence-corrected chi connectivity index (χ1v) is 10.3. The number of ether oxygens (including phenoxy) is 1. The molecule has 1 fully saturated rings. The molecule has 29 heavy (non-hydrogen) atoms. The molecule has 152 valence electrons. The van der Waals surface area contributed by atoms with E-state index in [1.54, 1.807) is 13.3 Å². The second-order valence-electron chi connectivity index (χ2n) is 7.53. The number of methoxy groups -OCH3 is 1. The smallest absolute Gasteiger partial charge is 0.143 e. The van der Waals surface area contributed by atoms with Crippen LogP contribution in [0.25, 0.3) is 10.9 Å². The van der Waals surface area contributed by atoms with Crippen LogP contribution in [0.1, 0.15) is 30.4 Å². The fraction of sp³-hybridized carbons (Fsp3) is 0.364. The molecule has 1 aliphatic heterocycles. The van der Waals surface area contributed by atoms with Gasteiger partial charge in [0.25, 0.3) is 0 Å². The van der Waals surface area contributed by atoms with Crippen LogP contribution >= 0.6 is 11.6 Å². The van der Waals surface area contributed by atoms with Crippen LogP contribution in [0, 0.1) is 12.3 Å². The highest BCUT2D eigenvalue weighted by molar-refractivity contribution is 6.31. The molecular weight excluding hydrogens is 386 g/mol. The van der Waals surface area contributed by atoms with Gasteiger partial charge >= 0.3 is 0 Å². The highest BCUT2D eigenvalue weighted by atomic mass is 35.5. The number of piperidine rings is 1. The van der Waals surface area contributed by atoms with Crippen LogP contribution < -0.4 is 10.1 Å². The number of hydrogen-bond acceptors (Lipinski definition) is 4. The molecule has 1 saturated heterocycles. The Bertz CT molecular complexity index is 1070. The van der Waals surface area contributed by atoms with Crippen molar-refractivity contribution in [3.63, 3.8) is 0 Å². The van der Waals surface area contributed by atoms with E-state index in [1.165, 1.54) is 6.42 Å². The van der Waals surface area contributed by atoms with Crippen molar-refractivity contribution in [1.82, 2.24) is 14.5 Å². The van der Waals surface area contributed by atoms with Gasteiger partial charge in [-0.2, -0.15) is 0 Å². The van der Waals surface area contributed by atoms with E-state index in [0.717, 1.165) is 59.5 Å². The molecule has 4 rings (SSSR count). The number of anilines is 2. The number of amidine groups is 1. The molecule has 6 nitrogen and oxygen atoms in total. The summed E-state index contributed by atoms with van der Waals surface area (Å²) in [6.45, 7) is 3.83. The molecular formula is C22H26ClN5O. The summed E-state index contributed by atoms with van der Waals surface area (Å²) < 4.78 is 7.55. The van der Waals surface area contributed by atoms with E-state index in [-0.39, 0.29) is 0 Å². The van der Waals surface area contributed by atoms with Crippen molar-refractivity contribution in [1.29, 1.82) is 5.41 Å². The molecule has 0 bridgehead atoms. The molecule has 0 radical (unpaired) electrons. The Labute approximate surface area is 175 Å². The van der Waals surface area contributed by atoms with Gasteiger partial charge in [-0.15, -0.1) is 0 Å². The zero-order valence-electron chi connectivity index (χ0n) is 17.1. The van der Waals surface area contributed by atoms with Gasteiger partial charge in [0.1, 0.15) is 17.4 Å². The normalized spacial score (nSPS) is 14.3. The second-order valence-corrected chi connectivity index (χ2v) is 7.94. The summed E-state index contributed by atoms with van der Waals surface area (Å²) in [5.74, 6) is 1.95. The number of nitrogens with zero attached hydrogens (tertiary/aromatic N) is 3. The number of halogens is 1. The van der Waals surface area contributed by atoms with E-state index in [4.69, 9.17) is 21.7 Å². The van der Waals surface area contributed by atoms with Crippen LogP contribution in [0.3, 0.4) is 0 Å². The van der Waals surface area contributed by atoms with E-state index in [1.807, 2.05) is 38.4 Å². The largest absolute Gasteiger partial charge is 0.495 e. The lowest BCUT2D eigenvalue weighted by Gasteiger charge is -2.29. The number of aryl methyl sites for hydroxylation is 2. The molecule has 1 aromatic carbocycles. The first-order valence-electron chi connectivity index (χ1n) is 9.88. The number of rotatable bonds is 4. The highest BCUT2D eigenvalue weighted by Gasteiger charge is 2.20. The third kappa shape index (κ3) is 3.65. The van der Waals surface area contributed by atoms with Crippen molar-refractivity contribution in [2.75, 3.05) is 25.5 Å². The summed E-state index contributed by atoms with van der Waals surface area (Å²) in [7, 11) is 3.63. The zero-order chi connectivity index (χ0) is 20.5. The molecule has 0 unspecified atom stereocenters. The Kier molecular flexibility index (Phi) is 5.37. The van der Waals surface area contributed by atoms with Gasteiger partial charge in [0.15, 0.2) is 0 Å². The molecule has 0 aliphatic carbocycles. The number of hydrogen-bond donors (Lipinski definition) is 2. The fourth-order valence-electron chi connectivity index (χ4n) is 3.93. The Morgan fingerprint density at radius 2 is 2.00 bits per heavy atom. The van der Waals surface area contributed by atoms with E-state index < -0.39 is 0 Å². The van der Waals surface area contributed by atoms with Crippen LogP contribution in [0.5, 0.6) is 5.75 Å². The standard InChI is InChI=1S/C22H26ClN5O/c1-14-11-18(19(29-3)12-17(14)23)26-22-15-7-10-27(2)20(15)16(13-25-22)21(24)28-8-5-4-6-9-28/h7,10-13,24H,4-6,8-9H2,1-3H3,(H,25,26). The minimum atomic E-state index is 0.551. The first-order chi connectivity index (χ1) is 14.0. The van der Waals surface area contributed by atoms with Crippen molar-refractivity contribution in [3.8, 4) is 5.75 Å². The van der Waals surface area contributed by atoms with Gasteiger partial charge in [-0.05, 0) is 43.9 Å². The summed E-state index contributed by atoms with van der Waals surface area (Å²) >= 11 is 6.24. The van der Waals surface area contributed by atoms with Crippen LogP contribution in [-0.2, 0) is 7.05 Å². The lowest BCUT2D eigenvalue weighted by Crippen LogP contribution is -2.36. The number of benzene rings is 1. The maximum Gasteiger partial charge on any atom is 0.143 e. The third-order valence-corrected chi connectivity index (χ3v) is 5.97. The van der Waals surface area contributed by atoms with E-state index in [2.05, 4.69) is 19.8 Å². The highest BCUT2D eigenvalue weighted by Crippen LogP contribution is 2.35. The van der Waals surface area contributed by atoms with Crippen molar-refractivity contribution >= 4 is 39.8 Å². The van der Waals surface area contributed by atoms with Crippen LogP contribution in [0.15, 0.2) is 30.6 Å². The molecule has 0 saturated carbocycles. The topological polar surface area (TPSA) is 66.2 Å². The van der Waals surface area contributed by atoms with Crippen LogP contribution in [-0.4, -0.2) is 40.5 Å². The van der Waals surface area contributed by atoms with Gasteiger partial charge in [0, 0.05) is 49.0 Å². The lowest BCUT2D eigenvalue weighted by atomic mass is 10.1. The molecule has 7 heteroatoms. The van der Waals surface area contributed by atoms with Gasteiger partial charge < -0.3 is 19.5 Å². The number of pyridine rings is 1. The first kappa shape index (κ1) is 19.6. The van der Waals surface area contributed by atoms with Gasteiger partial charge in [-0.1, -0.05) is 11.6 Å². The lowest BCUT2D eigenvalue weighted by molar-refractivity contribution is 0.341. The average Bonchev–Trinajstić information content (AvgIpc) is 3.13. The zero-order valence-corrected chi connectivity index (χ0v) is 17.8. The van der Waals surface area contributed by atoms with Crippen molar-refractivity contribution in [2.45, 2.75) is 26.2 Å². The summed E-state index contributed by atoms with van der Waals surface area (Å²) in [4.78, 5) is 6.84. The average molecular weight is 412 g/mol. The molecule has 2 N–H and O–H groups in total. The Balaban J connectivity index is 1.75. The van der Waals surface area contributed by atoms with Crippen LogP contribution in [0.2, 0.25) is 5.02 Å². The Hall–Kier alpha value is -2.73. The summed E-state index contributed by atoms with van der Waals surface area (Å²) in [6, 6.07) is 5.80. The maximum absolute atomic E-state index is 8.77. The van der Waals surface area contributed by atoms with E-state index in [0.29, 0.717) is 16.6 Å². The summed E-state index contributed by atoms with van der Waals surface area (Å²) in [5.41, 5.74) is 3.63. The van der Waals surface area contributed by atoms with E-state index in [9.17, 15) is 0 Å². The molecule has 0 spiro atoms. The van der Waals surface area contributed by atoms with Crippen molar-refractivity contribution in [3.05, 3.63) is 46.7 Å². The molecule has 3 aromatic rings. The third-order valence-electron chi connectivity index (χ3n) is 5.57. The predicted octanol–water partition coefficient (Wildman–Crippen LogP) is 5.10. The quantitative estimate of drug-likeness (QED) is 0.463. The minimum absolute atomic E-state index is 0.551. The van der Waals surface area contributed by atoms with Gasteiger partial charge in [-0.25, -0.2) is 4.98 Å².